The standard InChI is InChI=1S/C14H23F2N3O2/c15-14(16)5-1-10(2-6-14)13(21)19(9-12(17)20)11-3-7-18-8-4-11/h10-11,18H,1-9H2,(H2,17,20). The molecule has 2 aliphatic rings. The number of alkyl halides is 2. The van der Waals surface area contributed by atoms with Crippen LogP contribution in [-0.4, -0.2) is 48.3 Å². The number of halogens is 2. The highest BCUT2D eigenvalue weighted by molar-refractivity contribution is 5.85. The molecule has 2 amide bonds. The molecule has 7 heteroatoms. The van der Waals surface area contributed by atoms with Gasteiger partial charge in [-0.3, -0.25) is 9.59 Å². The average molecular weight is 303 g/mol. The molecule has 0 atom stereocenters. The Kier molecular flexibility index (Phi) is 5.13. The van der Waals surface area contributed by atoms with Gasteiger partial charge in [-0.25, -0.2) is 8.78 Å². The number of primary amides is 1. The Morgan fingerprint density at radius 2 is 1.71 bits per heavy atom. The van der Waals surface area contributed by atoms with Gasteiger partial charge in [0.05, 0.1) is 6.54 Å². The molecule has 1 aliphatic carbocycles. The second-order valence-electron chi connectivity index (χ2n) is 6.04. The van der Waals surface area contributed by atoms with E-state index in [1.165, 1.54) is 4.90 Å². The molecule has 21 heavy (non-hydrogen) atoms. The Balaban J connectivity index is 2.01. The number of carbonyl (C=O) groups excluding carboxylic acids is 2. The Morgan fingerprint density at radius 3 is 2.24 bits per heavy atom. The molecule has 5 nitrogen and oxygen atoms in total. The van der Waals surface area contributed by atoms with Crippen molar-refractivity contribution in [2.24, 2.45) is 11.7 Å². The highest BCUT2D eigenvalue weighted by Crippen LogP contribution is 2.37. The first kappa shape index (κ1) is 16.1. The molecule has 3 N–H and O–H groups in total. The fourth-order valence-electron chi connectivity index (χ4n) is 3.19. The SMILES string of the molecule is NC(=O)CN(C(=O)C1CCC(F)(F)CC1)C1CCNCC1. The smallest absolute Gasteiger partial charge is 0.248 e. The Morgan fingerprint density at radius 1 is 1.14 bits per heavy atom. The molecule has 0 bridgehead atoms. The third kappa shape index (κ3) is 4.36. The topological polar surface area (TPSA) is 75.4 Å². The molecule has 1 saturated carbocycles. The maximum Gasteiger partial charge on any atom is 0.248 e. The van der Waals surface area contributed by atoms with Crippen molar-refractivity contribution in [3.63, 3.8) is 0 Å². The summed E-state index contributed by atoms with van der Waals surface area (Å²) in [5, 5.41) is 3.20. The number of hydrogen-bond donors (Lipinski definition) is 2. The zero-order valence-electron chi connectivity index (χ0n) is 12.1. The summed E-state index contributed by atoms with van der Waals surface area (Å²) in [6.07, 6.45) is 1.40. The van der Waals surface area contributed by atoms with Crippen LogP contribution in [0.2, 0.25) is 0 Å². The van der Waals surface area contributed by atoms with Crippen LogP contribution in [0.15, 0.2) is 0 Å². The van der Waals surface area contributed by atoms with Crippen molar-refractivity contribution in [2.75, 3.05) is 19.6 Å². The van der Waals surface area contributed by atoms with E-state index in [4.69, 9.17) is 5.73 Å². The van der Waals surface area contributed by atoms with Gasteiger partial charge in [0.1, 0.15) is 0 Å². The van der Waals surface area contributed by atoms with Crippen LogP contribution in [0.5, 0.6) is 0 Å². The van der Waals surface area contributed by atoms with Crippen molar-refractivity contribution in [3.8, 4) is 0 Å². The highest BCUT2D eigenvalue weighted by atomic mass is 19.3. The molecule has 1 aliphatic heterocycles. The van der Waals surface area contributed by atoms with Crippen molar-refractivity contribution in [1.82, 2.24) is 10.2 Å². The Hall–Kier alpha value is -1.24. The Bertz CT molecular complexity index is 388. The van der Waals surface area contributed by atoms with Crippen LogP contribution < -0.4 is 11.1 Å². The number of nitrogens with zero attached hydrogens (tertiary/aromatic N) is 1. The second kappa shape index (κ2) is 6.68. The molecular weight excluding hydrogens is 280 g/mol. The molecule has 1 saturated heterocycles. The lowest BCUT2D eigenvalue weighted by atomic mass is 9.85. The number of nitrogens with one attached hydrogen (secondary N) is 1. The Labute approximate surface area is 123 Å². The van der Waals surface area contributed by atoms with Crippen LogP contribution in [-0.2, 0) is 9.59 Å². The molecule has 1 heterocycles. The minimum atomic E-state index is -2.65. The van der Waals surface area contributed by atoms with Gasteiger partial charge < -0.3 is 16.0 Å². The molecule has 0 aromatic heterocycles. The summed E-state index contributed by atoms with van der Waals surface area (Å²) in [6, 6.07) is -0.0197. The summed E-state index contributed by atoms with van der Waals surface area (Å²) in [7, 11) is 0. The van der Waals surface area contributed by atoms with Gasteiger partial charge in [0.25, 0.3) is 0 Å². The van der Waals surface area contributed by atoms with E-state index in [1.54, 1.807) is 0 Å². The van der Waals surface area contributed by atoms with Gasteiger partial charge in [0, 0.05) is 24.8 Å². The van der Waals surface area contributed by atoms with E-state index < -0.39 is 17.7 Å². The van der Waals surface area contributed by atoms with E-state index in [9.17, 15) is 18.4 Å². The normalized spacial score (nSPS) is 23.7. The summed E-state index contributed by atoms with van der Waals surface area (Å²) in [4.78, 5) is 25.4. The number of rotatable bonds is 4. The number of hydrogen-bond acceptors (Lipinski definition) is 3. The summed E-state index contributed by atoms with van der Waals surface area (Å²) in [5.74, 6) is -3.79. The first-order valence-electron chi connectivity index (χ1n) is 7.56. The molecule has 0 aromatic rings. The minimum Gasteiger partial charge on any atom is -0.368 e. The predicted octanol–water partition coefficient (Wildman–Crippen LogP) is 0.878. The van der Waals surface area contributed by atoms with Gasteiger partial charge in [0.2, 0.25) is 17.7 Å². The minimum absolute atomic E-state index is 0.0197. The van der Waals surface area contributed by atoms with Gasteiger partial charge in [-0.15, -0.1) is 0 Å². The molecule has 0 radical (unpaired) electrons. The van der Waals surface area contributed by atoms with Gasteiger partial charge in [-0.1, -0.05) is 0 Å². The van der Waals surface area contributed by atoms with E-state index in [-0.39, 0.29) is 44.2 Å². The monoisotopic (exact) mass is 303 g/mol. The van der Waals surface area contributed by atoms with Crippen molar-refractivity contribution < 1.29 is 18.4 Å². The number of nitrogens with two attached hydrogens (primary N) is 1. The lowest BCUT2D eigenvalue weighted by Crippen LogP contribution is -2.51. The number of piperidine rings is 1. The van der Waals surface area contributed by atoms with E-state index in [0.717, 1.165) is 25.9 Å². The summed E-state index contributed by atoms with van der Waals surface area (Å²) < 4.78 is 26.4. The quantitative estimate of drug-likeness (QED) is 0.809. The van der Waals surface area contributed by atoms with Crippen molar-refractivity contribution in [1.29, 1.82) is 0 Å². The number of amides is 2. The summed E-state index contributed by atoms with van der Waals surface area (Å²) in [6.45, 7) is 1.46. The van der Waals surface area contributed by atoms with Crippen LogP contribution in [0.3, 0.4) is 0 Å². The van der Waals surface area contributed by atoms with Crippen LogP contribution >= 0.6 is 0 Å². The molecule has 0 aromatic carbocycles. The average Bonchev–Trinajstić information content (AvgIpc) is 2.45. The van der Waals surface area contributed by atoms with Crippen LogP contribution in [0, 0.1) is 5.92 Å². The zero-order chi connectivity index (χ0) is 15.5. The lowest BCUT2D eigenvalue weighted by molar-refractivity contribution is -0.145. The summed E-state index contributed by atoms with van der Waals surface area (Å²) >= 11 is 0. The third-order valence-corrected chi connectivity index (χ3v) is 4.43. The van der Waals surface area contributed by atoms with E-state index in [1.807, 2.05) is 0 Å². The maximum atomic E-state index is 13.2. The van der Waals surface area contributed by atoms with Crippen LogP contribution in [0.1, 0.15) is 38.5 Å². The first-order valence-corrected chi connectivity index (χ1v) is 7.56. The molecular formula is C14H23F2N3O2. The third-order valence-electron chi connectivity index (χ3n) is 4.43. The van der Waals surface area contributed by atoms with Gasteiger partial charge in [0.15, 0.2) is 0 Å². The molecule has 2 fully saturated rings. The molecule has 0 spiro atoms. The molecule has 120 valence electrons. The second-order valence-corrected chi connectivity index (χ2v) is 6.04. The van der Waals surface area contributed by atoms with Gasteiger partial charge in [-0.2, -0.15) is 0 Å². The van der Waals surface area contributed by atoms with Crippen molar-refractivity contribution >= 4 is 11.8 Å². The van der Waals surface area contributed by atoms with Gasteiger partial charge >= 0.3 is 0 Å². The summed E-state index contributed by atoms with van der Waals surface area (Å²) in [5.41, 5.74) is 5.24. The van der Waals surface area contributed by atoms with Crippen molar-refractivity contribution in [2.45, 2.75) is 50.5 Å². The fraction of sp³-hybridized carbons (Fsp3) is 0.857. The highest BCUT2D eigenvalue weighted by Gasteiger charge is 2.40. The molecule has 2 rings (SSSR count). The van der Waals surface area contributed by atoms with Crippen LogP contribution in [0.25, 0.3) is 0 Å². The van der Waals surface area contributed by atoms with Gasteiger partial charge in [-0.05, 0) is 38.8 Å². The van der Waals surface area contributed by atoms with Crippen molar-refractivity contribution in [3.05, 3.63) is 0 Å². The molecule has 0 unspecified atom stereocenters. The lowest BCUT2D eigenvalue weighted by Gasteiger charge is -2.37. The largest absolute Gasteiger partial charge is 0.368 e. The first-order chi connectivity index (χ1) is 9.89. The number of carbonyl (C=O) groups is 2. The van der Waals surface area contributed by atoms with E-state index in [0.29, 0.717) is 0 Å². The van der Waals surface area contributed by atoms with E-state index >= 15 is 0 Å². The zero-order valence-corrected chi connectivity index (χ0v) is 12.1. The van der Waals surface area contributed by atoms with E-state index in [2.05, 4.69) is 5.32 Å². The maximum absolute atomic E-state index is 13.2. The fourth-order valence-corrected chi connectivity index (χ4v) is 3.19. The predicted molar refractivity (Wildman–Crippen MR) is 73.7 cm³/mol. The van der Waals surface area contributed by atoms with Crippen LogP contribution in [0.4, 0.5) is 8.78 Å².